The molecule has 0 atom stereocenters. The molecule has 0 radical (unpaired) electrons. The maximum absolute atomic E-state index is 10.4. The summed E-state index contributed by atoms with van der Waals surface area (Å²) in [5.74, 6) is 0.238. The van der Waals surface area contributed by atoms with Gasteiger partial charge in [0.25, 0.3) is 0 Å². The molecule has 0 unspecified atom stereocenters. The Morgan fingerprint density at radius 3 is 2.08 bits per heavy atom. The van der Waals surface area contributed by atoms with E-state index in [1.807, 2.05) is 0 Å². The second-order valence-corrected chi connectivity index (χ2v) is 4.01. The van der Waals surface area contributed by atoms with Gasteiger partial charge in [-0.1, -0.05) is 18.2 Å². The van der Waals surface area contributed by atoms with E-state index in [1.165, 1.54) is 12.1 Å². The molecule has 0 spiro atoms. The Morgan fingerprint density at radius 1 is 1.17 bits per heavy atom. The molecule has 3 nitrogen and oxygen atoms in total. The molecule has 0 heterocycles. The first-order valence-corrected chi connectivity index (χ1v) is 5.11. The molecule has 0 aliphatic rings. The van der Waals surface area contributed by atoms with Crippen LogP contribution in [0.4, 0.5) is 0 Å². The summed E-state index contributed by atoms with van der Waals surface area (Å²) in [5, 5.41) is 0. The van der Waals surface area contributed by atoms with Crippen LogP contribution in [0, 0.1) is 0 Å². The van der Waals surface area contributed by atoms with Gasteiger partial charge in [0.15, 0.2) is 9.15 Å². The number of rotatable bonds is 2. The van der Waals surface area contributed by atoms with Crippen LogP contribution in [0.3, 0.4) is 0 Å². The van der Waals surface area contributed by atoms with Crippen LogP contribution in [0.15, 0.2) is 30.3 Å². The van der Waals surface area contributed by atoms with Gasteiger partial charge in [-0.05, 0) is 12.1 Å². The van der Waals surface area contributed by atoms with Crippen LogP contribution in [-0.4, -0.2) is 8.42 Å². The maximum Gasteiger partial charge on any atom is 1.00 e. The Labute approximate surface area is 91.6 Å². The van der Waals surface area contributed by atoms with Crippen LogP contribution in [0.5, 0.6) is 5.75 Å². The third-order valence-electron chi connectivity index (χ3n) is 0.941. The van der Waals surface area contributed by atoms with Crippen molar-refractivity contribution in [3.05, 3.63) is 30.3 Å². The Balaban J connectivity index is 0.00000121. The van der Waals surface area contributed by atoms with Crippen molar-refractivity contribution in [2.24, 2.45) is 0 Å². The second kappa shape index (κ2) is 4.94. The van der Waals surface area contributed by atoms with Crippen LogP contribution < -0.4 is 4.18 Å². The fourth-order valence-corrected chi connectivity index (χ4v) is 1.18. The van der Waals surface area contributed by atoms with Crippen LogP contribution in [0.25, 0.3) is 0 Å². The van der Waals surface area contributed by atoms with Gasteiger partial charge in [-0.3, -0.25) is 0 Å². The second-order valence-electron chi connectivity index (χ2n) is 1.80. The summed E-state index contributed by atoms with van der Waals surface area (Å²) in [7, 11) is -3.79. The molecular formula is C6H5AgO3S2. The van der Waals surface area contributed by atoms with Crippen molar-refractivity contribution in [2.75, 3.05) is 0 Å². The predicted octanol–water partition coefficient (Wildman–Crippen LogP) is 0.855. The minimum atomic E-state index is -3.79. The van der Waals surface area contributed by atoms with Gasteiger partial charge in [0.05, 0.1) is 0 Å². The topological polar surface area (TPSA) is 43.4 Å². The number of para-hydroxylation sites is 1. The summed E-state index contributed by atoms with van der Waals surface area (Å²) in [5.41, 5.74) is 0. The van der Waals surface area contributed by atoms with Gasteiger partial charge in [-0.25, -0.2) is 8.42 Å². The van der Waals surface area contributed by atoms with E-state index in [0.29, 0.717) is 0 Å². The Bertz CT molecular complexity index is 322. The average molecular weight is 297 g/mol. The zero-order valence-corrected chi connectivity index (χ0v) is 8.84. The standard InChI is InChI=1S/C6H6O3S2.Ag/c7-11(8,10)9-6-4-2-1-3-5-6;/h1-5H,(H,7,8,10);/q;+1/p-1. The quantitative estimate of drug-likeness (QED) is 0.461. The fourth-order valence-electron chi connectivity index (χ4n) is 0.594. The van der Waals surface area contributed by atoms with E-state index < -0.39 is 9.15 Å². The summed E-state index contributed by atoms with van der Waals surface area (Å²) < 4.78 is 25.2. The van der Waals surface area contributed by atoms with Crippen molar-refractivity contribution in [2.45, 2.75) is 0 Å². The molecule has 70 valence electrons. The zero-order chi connectivity index (χ0) is 8.32. The summed E-state index contributed by atoms with van der Waals surface area (Å²) >= 11 is 4.02. The van der Waals surface area contributed by atoms with Gasteiger partial charge in [0, 0.05) is 0 Å². The van der Waals surface area contributed by atoms with Gasteiger partial charge in [0.1, 0.15) is 5.75 Å². The molecule has 0 saturated heterocycles. The largest absolute Gasteiger partial charge is 1.00 e. The first kappa shape index (κ1) is 12.1. The van der Waals surface area contributed by atoms with E-state index in [4.69, 9.17) is 0 Å². The maximum atomic E-state index is 10.4. The van der Waals surface area contributed by atoms with Crippen LogP contribution in [-0.2, 0) is 43.2 Å². The molecule has 0 saturated carbocycles. The van der Waals surface area contributed by atoms with Crippen molar-refractivity contribution >= 4 is 20.8 Å². The van der Waals surface area contributed by atoms with Gasteiger partial charge in [0.2, 0.25) is 0 Å². The molecule has 0 aromatic heterocycles. The van der Waals surface area contributed by atoms with Gasteiger partial charge in [-0.15, -0.1) is 0 Å². The Kier molecular flexibility index (Phi) is 4.96. The third-order valence-corrected chi connectivity index (χ3v) is 1.54. The smallest absolute Gasteiger partial charge is 0.606 e. The summed E-state index contributed by atoms with van der Waals surface area (Å²) in [6.07, 6.45) is 0. The molecule has 0 aliphatic carbocycles. The van der Waals surface area contributed by atoms with Gasteiger partial charge in [-0.2, -0.15) is 0 Å². The number of benzene rings is 1. The fraction of sp³-hybridized carbons (Fsp3) is 0. The van der Waals surface area contributed by atoms with Crippen LogP contribution in [0.2, 0.25) is 0 Å². The van der Waals surface area contributed by atoms with Crippen molar-refractivity contribution in [3.8, 4) is 5.75 Å². The van der Waals surface area contributed by atoms with Crippen LogP contribution >= 0.6 is 0 Å². The summed E-state index contributed by atoms with van der Waals surface area (Å²) in [6.45, 7) is 0. The Hall–Kier alpha value is 0.0603. The van der Waals surface area contributed by atoms with Crippen molar-refractivity contribution in [3.63, 3.8) is 0 Å². The number of hydrogen-bond acceptors (Lipinski definition) is 4. The van der Waals surface area contributed by atoms with E-state index in [1.54, 1.807) is 18.2 Å². The van der Waals surface area contributed by atoms with E-state index in [0.717, 1.165) is 0 Å². The molecule has 6 heteroatoms. The molecule has 1 aromatic carbocycles. The third kappa shape index (κ3) is 4.84. The zero-order valence-electron chi connectivity index (χ0n) is 5.73. The first-order valence-electron chi connectivity index (χ1n) is 2.78. The first-order chi connectivity index (χ1) is 5.08. The van der Waals surface area contributed by atoms with Crippen LogP contribution in [0.1, 0.15) is 0 Å². The van der Waals surface area contributed by atoms with Gasteiger partial charge < -0.3 is 15.8 Å². The monoisotopic (exact) mass is 296 g/mol. The van der Waals surface area contributed by atoms with E-state index in [9.17, 15) is 8.42 Å². The van der Waals surface area contributed by atoms with Crippen molar-refractivity contribution < 1.29 is 35.0 Å². The van der Waals surface area contributed by atoms with Gasteiger partial charge >= 0.3 is 22.4 Å². The molecule has 0 amide bonds. The summed E-state index contributed by atoms with van der Waals surface area (Å²) in [4.78, 5) is 0. The molecule has 0 N–H and O–H groups in total. The molecule has 0 fully saturated rings. The summed E-state index contributed by atoms with van der Waals surface area (Å²) in [6, 6.07) is 8.11. The molecule has 1 aromatic rings. The normalized spacial score (nSPS) is 10.1. The minimum absolute atomic E-state index is 0. The number of hydrogen-bond donors (Lipinski definition) is 0. The minimum Gasteiger partial charge on any atom is -0.606 e. The SMILES string of the molecule is O=S(=O)([S-])Oc1ccccc1.[Ag+]. The molecule has 0 bridgehead atoms. The molecular weight excluding hydrogens is 292 g/mol. The average Bonchev–Trinajstić information content (AvgIpc) is 1.85. The molecule has 0 aliphatic heterocycles. The molecule has 1 rings (SSSR count). The van der Waals surface area contributed by atoms with E-state index in [-0.39, 0.29) is 28.1 Å². The van der Waals surface area contributed by atoms with Crippen molar-refractivity contribution in [1.29, 1.82) is 0 Å². The van der Waals surface area contributed by atoms with E-state index >= 15 is 0 Å². The van der Waals surface area contributed by atoms with E-state index in [2.05, 4.69) is 15.8 Å². The molecule has 12 heavy (non-hydrogen) atoms. The predicted molar refractivity (Wildman–Crippen MR) is 43.4 cm³/mol. The van der Waals surface area contributed by atoms with Crippen molar-refractivity contribution in [1.82, 2.24) is 0 Å². The Morgan fingerprint density at radius 2 is 1.67 bits per heavy atom.